The third kappa shape index (κ3) is 2.88. The van der Waals surface area contributed by atoms with Crippen LogP contribution in [-0.2, 0) is 9.59 Å². The fraction of sp³-hybridized carbons (Fsp3) is 0.0400. The molecule has 5 rings (SSSR count). The van der Waals surface area contributed by atoms with Crippen molar-refractivity contribution in [1.82, 2.24) is 10.6 Å². The van der Waals surface area contributed by atoms with Crippen LogP contribution in [0.25, 0.3) is 11.4 Å². The molecule has 2 N–H and O–H groups in total. The second-order valence-corrected chi connectivity index (χ2v) is 7.22. The summed E-state index contributed by atoms with van der Waals surface area (Å²) in [6, 6.07) is 27.3. The fourth-order valence-corrected chi connectivity index (χ4v) is 3.87. The summed E-state index contributed by atoms with van der Waals surface area (Å²) in [5, 5.41) is 5.76. The minimum atomic E-state index is -0.261. The lowest BCUT2D eigenvalue weighted by Crippen LogP contribution is -2.21. The lowest BCUT2D eigenvalue weighted by Gasteiger charge is -2.19. The van der Waals surface area contributed by atoms with E-state index in [-0.39, 0.29) is 11.8 Å². The number of nitrogens with zero attached hydrogens (tertiary/aromatic N) is 1. The average Bonchev–Trinajstić information content (AvgIpc) is 3.33. The molecule has 0 spiro atoms. The van der Waals surface area contributed by atoms with E-state index in [9.17, 15) is 9.59 Å². The van der Waals surface area contributed by atoms with Gasteiger partial charge in [0.2, 0.25) is 0 Å². The van der Waals surface area contributed by atoms with Crippen LogP contribution in [0.2, 0.25) is 0 Å². The van der Waals surface area contributed by atoms with E-state index in [1.54, 1.807) is 0 Å². The lowest BCUT2D eigenvalue weighted by molar-refractivity contribution is -0.117. The number of amides is 2. The number of hydrogen-bond acceptors (Lipinski definition) is 3. The quantitative estimate of drug-likeness (QED) is 0.708. The van der Waals surface area contributed by atoms with Gasteiger partial charge in [-0.05, 0) is 35.4 Å². The Bertz CT molecular complexity index is 1210. The first-order valence-corrected chi connectivity index (χ1v) is 9.70. The number of rotatable bonds is 4. The first-order valence-electron chi connectivity index (χ1n) is 9.70. The van der Waals surface area contributed by atoms with Crippen LogP contribution in [0.5, 0.6) is 0 Å². The number of nitrogens with one attached hydrogen (secondary N) is 2. The minimum absolute atomic E-state index is 0.261. The molecule has 2 amide bonds. The van der Waals surface area contributed by atoms with E-state index < -0.39 is 0 Å². The normalized spacial score (nSPS) is 15.2. The van der Waals surface area contributed by atoms with Gasteiger partial charge in [-0.25, -0.2) is 0 Å². The zero-order chi connectivity index (χ0) is 20.7. The van der Waals surface area contributed by atoms with Crippen molar-refractivity contribution in [3.05, 3.63) is 107 Å². The summed E-state index contributed by atoms with van der Waals surface area (Å²) in [5.41, 5.74) is 5.62. The molecule has 146 valence electrons. The summed E-state index contributed by atoms with van der Waals surface area (Å²) in [5.74, 6) is -0.523. The van der Waals surface area contributed by atoms with Crippen LogP contribution in [0.3, 0.4) is 0 Å². The van der Waals surface area contributed by atoms with Crippen molar-refractivity contribution < 1.29 is 9.59 Å². The number of carbonyl (C=O) groups excluding carboxylic acids is 2. The van der Waals surface area contributed by atoms with Crippen LogP contribution in [0.1, 0.15) is 11.1 Å². The lowest BCUT2D eigenvalue weighted by atomic mass is 10.0. The van der Waals surface area contributed by atoms with Crippen molar-refractivity contribution in [1.29, 1.82) is 0 Å². The smallest absolute Gasteiger partial charge is 0.258 e. The first-order chi connectivity index (χ1) is 14.6. The first kappa shape index (κ1) is 17.9. The third-order valence-electron chi connectivity index (χ3n) is 5.43. The van der Waals surface area contributed by atoms with Crippen LogP contribution >= 0.6 is 0 Å². The van der Waals surface area contributed by atoms with E-state index in [1.165, 1.54) is 0 Å². The summed E-state index contributed by atoms with van der Waals surface area (Å²) in [4.78, 5) is 27.5. The molecule has 2 aliphatic rings. The highest BCUT2D eigenvalue weighted by Gasteiger charge is 2.40. The van der Waals surface area contributed by atoms with E-state index in [4.69, 9.17) is 0 Å². The van der Waals surface area contributed by atoms with Gasteiger partial charge in [-0.3, -0.25) is 9.59 Å². The number of hydrogen-bond donors (Lipinski definition) is 2. The Morgan fingerprint density at radius 3 is 1.53 bits per heavy atom. The summed E-state index contributed by atoms with van der Waals surface area (Å²) < 4.78 is 0. The molecule has 5 heteroatoms. The van der Waals surface area contributed by atoms with Crippen LogP contribution in [0.15, 0.2) is 96.1 Å². The van der Waals surface area contributed by atoms with Gasteiger partial charge < -0.3 is 15.5 Å². The average molecular weight is 393 g/mol. The maximum absolute atomic E-state index is 12.7. The zero-order valence-electron chi connectivity index (χ0n) is 16.3. The van der Waals surface area contributed by atoms with E-state index >= 15 is 0 Å². The standard InChI is InChI=1S/C25H19N3O2/c1-28(18-10-6-3-7-11-18)19-14-12-17(13-15-19)23-21-20(24(29)27-23)22(26-25(21)30)16-8-4-2-5-9-16/h2-15H,1H3,(H,26,30)(H,27,29). The molecule has 3 aromatic rings. The Morgan fingerprint density at radius 1 is 0.567 bits per heavy atom. The Balaban J connectivity index is 1.53. The van der Waals surface area contributed by atoms with Gasteiger partial charge in [0.05, 0.1) is 22.5 Å². The molecule has 0 saturated carbocycles. The maximum atomic E-state index is 12.7. The van der Waals surface area contributed by atoms with Gasteiger partial charge >= 0.3 is 0 Å². The predicted octanol–water partition coefficient (Wildman–Crippen LogP) is 3.84. The molecule has 3 aromatic carbocycles. The van der Waals surface area contributed by atoms with Crippen molar-refractivity contribution in [2.75, 3.05) is 11.9 Å². The number of para-hydroxylation sites is 1. The van der Waals surface area contributed by atoms with Crippen LogP contribution < -0.4 is 15.5 Å². The molecule has 0 aromatic heterocycles. The van der Waals surface area contributed by atoms with Gasteiger partial charge in [-0.2, -0.15) is 0 Å². The molecule has 30 heavy (non-hydrogen) atoms. The Morgan fingerprint density at radius 2 is 1.00 bits per heavy atom. The summed E-state index contributed by atoms with van der Waals surface area (Å²) in [6.45, 7) is 0. The molecular weight excluding hydrogens is 374 g/mol. The molecule has 0 atom stereocenters. The topological polar surface area (TPSA) is 61.4 Å². The van der Waals surface area contributed by atoms with E-state index in [1.807, 2.05) is 92.0 Å². The number of fused-ring (bicyclic) bond motifs is 1. The number of anilines is 2. The van der Waals surface area contributed by atoms with Gasteiger partial charge in [0.1, 0.15) is 0 Å². The number of carbonyl (C=O) groups is 2. The molecule has 2 aliphatic heterocycles. The van der Waals surface area contributed by atoms with Gasteiger partial charge in [-0.1, -0.05) is 60.7 Å². The molecule has 0 saturated heterocycles. The van der Waals surface area contributed by atoms with Gasteiger partial charge in [0, 0.05) is 18.4 Å². The second-order valence-electron chi connectivity index (χ2n) is 7.22. The van der Waals surface area contributed by atoms with Crippen LogP contribution in [-0.4, -0.2) is 18.9 Å². The van der Waals surface area contributed by atoms with Crippen molar-refractivity contribution in [3.63, 3.8) is 0 Å². The number of benzene rings is 3. The largest absolute Gasteiger partial charge is 0.345 e. The van der Waals surface area contributed by atoms with Crippen LogP contribution in [0, 0.1) is 0 Å². The summed E-state index contributed by atoms with van der Waals surface area (Å²) in [6.07, 6.45) is 0. The molecular formula is C25H19N3O2. The Labute approximate surface area is 174 Å². The van der Waals surface area contributed by atoms with E-state index in [2.05, 4.69) is 15.5 Å². The SMILES string of the molecule is CN(c1ccccc1)c1ccc(C2=C3C(=O)NC(c4ccccc4)=C3C(=O)N2)cc1. The zero-order valence-corrected chi connectivity index (χ0v) is 16.3. The molecule has 0 bridgehead atoms. The monoisotopic (exact) mass is 393 g/mol. The minimum Gasteiger partial charge on any atom is -0.345 e. The van der Waals surface area contributed by atoms with E-state index in [0.29, 0.717) is 22.5 Å². The third-order valence-corrected chi connectivity index (χ3v) is 5.43. The summed E-state index contributed by atoms with van der Waals surface area (Å²) >= 11 is 0. The molecule has 2 heterocycles. The van der Waals surface area contributed by atoms with Gasteiger partial charge in [0.25, 0.3) is 11.8 Å². The van der Waals surface area contributed by atoms with Gasteiger partial charge in [-0.15, -0.1) is 0 Å². The van der Waals surface area contributed by atoms with Crippen molar-refractivity contribution >= 4 is 34.6 Å². The highest BCUT2D eigenvalue weighted by atomic mass is 16.2. The predicted molar refractivity (Wildman–Crippen MR) is 118 cm³/mol. The van der Waals surface area contributed by atoms with Crippen molar-refractivity contribution in [3.8, 4) is 0 Å². The molecule has 0 radical (unpaired) electrons. The van der Waals surface area contributed by atoms with E-state index in [0.717, 1.165) is 22.5 Å². The van der Waals surface area contributed by atoms with Crippen molar-refractivity contribution in [2.45, 2.75) is 0 Å². The van der Waals surface area contributed by atoms with Gasteiger partial charge in [0.15, 0.2) is 0 Å². The highest BCUT2D eigenvalue weighted by Crippen LogP contribution is 2.37. The van der Waals surface area contributed by atoms with Crippen molar-refractivity contribution in [2.24, 2.45) is 0 Å². The summed E-state index contributed by atoms with van der Waals surface area (Å²) in [7, 11) is 2.00. The Kier molecular flexibility index (Phi) is 4.21. The molecule has 0 fully saturated rings. The fourth-order valence-electron chi connectivity index (χ4n) is 3.87. The molecule has 0 unspecified atom stereocenters. The molecule has 0 aliphatic carbocycles. The highest BCUT2D eigenvalue weighted by molar-refractivity contribution is 6.30. The molecule has 5 nitrogen and oxygen atoms in total. The second kappa shape index (κ2) is 7.04. The Hall–Kier alpha value is -4.12. The van der Waals surface area contributed by atoms with Crippen LogP contribution in [0.4, 0.5) is 11.4 Å². The maximum Gasteiger partial charge on any atom is 0.258 e.